The van der Waals surface area contributed by atoms with E-state index in [1.807, 2.05) is 40.1 Å². The number of hydrogen-bond acceptors (Lipinski definition) is 3. The highest BCUT2D eigenvalue weighted by Gasteiger charge is 2.49. The maximum atomic E-state index is 12.9. The summed E-state index contributed by atoms with van der Waals surface area (Å²) in [5, 5.41) is 0. The fourth-order valence-corrected chi connectivity index (χ4v) is 3.99. The minimum Gasteiger partial charge on any atom is -0.493 e. The number of para-hydroxylation sites is 1. The molecule has 2 heterocycles. The van der Waals surface area contributed by atoms with Gasteiger partial charge in [0.25, 0.3) is 0 Å². The lowest BCUT2D eigenvalue weighted by molar-refractivity contribution is -0.148. The average Bonchev–Trinajstić information content (AvgIpc) is 3.03. The van der Waals surface area contributed by atoms with Crippen molar-refractivity contribution in [2.75, 3.05) is 26.2 Å². The molecule has 0 radical (unpaired) electrons. The first kappa shape index (κ1) is 17.8. The van der Waals surface area contributed by atoms with Crippen LogP contribution in [0.5, 0.6) is 5.75 Å². The van der Waals surface area contributed by atoms with Crippen molar-refractivity contribution in [2.24, 2.45) is 5.41 Å². The molecule has 0 bridgehead atoms. The molecule has 1 atom stereocenters. The van der Waals surface area contributed by atoms with E-state index in [0.717, 1.165) is 31.6 Å². The molecule has 1 spiro atoms. The molecule has 2 aliphatic heterocycles. The van der Waals surface area contributed by atoms with Crippen LogP contribution in [0.4, 0.5) is 0 Å². The minimum atomic E-state index is -0.349. The topological polar surface area (TPSA) is 49.9 Å². The van der Waals surface area contributed by atoms with E-state index < -0.39 is 0 Å². The van der Waals surface area contributed by atoms with E-state index in [0.29, 0.717) is 26.1 Å². The van der Waals surface area contributed by atoms with Crippen molar-refractivity contribution in [2.45, 2.75) is 45.6 Å². The van der Waals surface area contributed by atoms with Crippen LogP contribution in [0.2, 0.25) is 0 Å². The highest BCUT2D eigenvalue weighted by molar-refractivity contribution is 5.86. The second-order valence-corrected chi connectivity index (χ2v) is 7.45. The fourth-order valence-electron chi connectivity index (χ4n) is 3.99. The molecule has 2 aliphatic rings. The molecule has 3 rings (SSSR count). The first-order valence-electron chi connectivity index (χ1n) is 9.28. The summed E-state index contributed by atoms with van der Waals surface area (Å²) in [6, 6.07) is 9.76. The number of benzene rings is 1. The summed E-state index contributed by atoms with van der Waals surface area (Å²) < 4.78 is 5.62. The number of rotatable bonds is 5. The number of carbonyl (C=O) groups is 2. The van der Waals surface area contributed by atoms with Gasteiger partial charge in [-0.3, -0.25) is 9.59 Å². The Hall–Kier alpha value is -2.04. The van der Waals surface area contributed by atoms with E-state index in [1.54, 1.807) is 0 Å². The van der Waals surface area contributed by atoms with Gasteiger partial charge in [-0.05, 0) is 45.2 Å². The van der Waals surface area contributed by atoms with E-state index >= 15 is 0 Å². The lowest BCUT2D eigenvalue weighted by Gasteiger charge is -2.41. The van der Waals surface area contributed by atoms with Crippen LogP contribution in [0, 0.1) is 5.41 Å². The number of ether oxygens (including phenoxy) is 1. The van der Waals surface area contributed by atoms with Crippen LogP contribution >= 0.6 is 0 Å². The average molecular weight is 344 g/mol. The van der Waals surface area contributed by atoms with Crippen LogP contribution in [0.1, 0.15) is 39.5 Å². The molecule has 5 heteroatoms. The van der Waals surface area contributed by atoms with Gasteiger partial charge in [-0.25, -0.2) is 0 Å². The summed E-state index contributed by atoms with van der Waals surface area (Å²) in [6.07, 6.45) is 3.08. The molecular weight excluding hydrogens is 316 g/mol. The molecule has 136 valence electrons. The molecule has 0 aliphatic carbocycles. The summed E-state index contributed by atoms with van der Waals surface area (Å²) in [6.45, 7) is 6.60. The van der Waals surface area contributed by atoms with Crippen molar-refractivity contribution in [3.05, 3.63) is 30.3 Å². The van der Waals surface area contributed by atoms with Gasteiger partial charge in [0, 0.05) is 25.7 Å². The van der Waals surface area contributed by atoms with E-state index in [1.165, 1.54) is 0 Å². The van der Waals surface area contributed by atoms with Crippen molar-refractivity contribution in [3.63, 3.8) is 0 Å². The number of piperidine rings is 1. The summed E-state index contributed by atoms with van der Waals surface area (Å²) in [4.78, 5) is 29.3. The molecule has 0 saturated carbocycles. The predicted octanol–water partition coefficient (Wildman–Crippen LogP) is 2.71. The maximum absolute atomic E-state index is 12.9. The maximum Gasteiger partial charge on any atom is 0.230 e. The standard InChI is InChI=1S/C20H28N2O3/c1-16(2)22-12-6-10-20(19(22)24)11-13-21(15-20)18(23)9-14-25-17-7-4-3-5-8-17/h3-5,7-8,16H,6,9-15H2,1-2H3/t20-/m0/s1. The Morgan fingerprint density at radius 1 is 1.20 bits per heavy atom. The van der Waals surface area contributed by atoms with Gasteiger partial charge in [-0.1, -0.05) is 18.2 Å². The SMILES string of the molecule is CC(C)N1CCC[C@@]2(CCN(C(=O)CCOc3ccccc3)C2)C1=O. The second kappa shape index (κ2) is 7.46. The lowest BCUT2D eigenvalue weighted by Crippen LogP contribution is -2.52. The summed E-state index contributed by atoms with van der Waals surface area (Å²) in [5.74, 6) is 1.11. The third kappa shape index (κ3) is 3.80. The predicted molar refractivity (Wildman–Crippen MR) is 96.3 cm³/mol. The van der Waals surface area contributed by atoms with Gasteiger partial charge >= 0.3 is 0 Å². The number of likely N-dealkylation sites (tertiary alicyclic amines) is 2. The Bertz CT molecular complexity index is 617. The molecule has 0 aromatic heterocycles. The molecule has 5 nitrogen and oxygen atoms in total. The van der Waals surface area contributed by atoms with Crippen molar-refractivity contribution >= 4 is 11.8 Å². The molecular formula is C20H28N2O3. The smallest absolute Gasteiger partial charge is 0.230 e. The number of nitrogens with zero attached hydrogens (tertiary/aromatic N) is 2. The quantitative estimate of drug-likeness (QED) is 0.825. The van der Waals surface area contributed by atoms with Crippen LogP contribution < -0.4 is 4.74 Å². The summed E-state index contributed by atoms with van der Waals surface area (Å²) in [5.41, 5.74) is -0.349. The molecule has 2 amide bonds. The number of carbonyl (C=O) groups excluding carboxylic acids is 2. The van der Waals surface area contributed by atoms with E-state index in [4.69, 9.17) is 4.74 Å². The zero-order valence-corrected chi connectivity index (χ0v) is 15.2. The minimum absolute atomic E-state index is 0.0854. The van der Waals surface area contributed by atoms with Crippen molar-refractivity contribution in [3.8, 4) is 5.75 Å². The van der Waals surface area contributed by atoms with E-state index in [-0.39, 0.29) is 23.3 Å². The molecule has 25 heavy (non-hydrogen) atoms. The summed E-state index contributed by atoms with van der Waals surface area (Å²) >= 11 is 0. The van der Waals surface area contributed by atoms with Gasteiger partial charge in [0.1, 0.15) is 5.75 Å². The van der Waals surface area contributed by atoms with Crippen molar-refractivity contribution in [1.29, 1.82) is 0 Å². The number of amides is 2. The Balaban J connectivity index is 1.53. The number of hydrogen-bond donors (Lipinski definition) is 0. The molecule has 1 aromatic rings. The molecule has 1 aromatic carbocycles. The first-order chi connectivity index (χ1) is 12.0. The van der Waals surface area contributed by atoms with Crippen LogP contribution in [0.15, 0.2) is 30.3 Å². The third-order valence-corrected chi connectivity index (χ3v) is 5.43. The normalized spacial score (nSPS) is 23.6. The van der Waals surface area contributed by atoms with Gasteiger partial charge in [0.2, 0.25) is 11.8 Å². The molecule has 2 saturated heterocycles. The molecule has 0 unspecified atom stereocenters. The van der Waals surface area contributed by atoms with Crippen LogP contribution in [0.3, 0.4) is 0 Å². The highest BCUT2D eigenvalue weighted by atomic mass is 16.5. The van der Waals surface area contributed by atoms with Gasteiger partial charge in [-0.2, -0.15) is 0 Å². The van der Waals surface area contributed by atoms with E-state index in [2.05, 4.69) is 13.8 Å². The zero-order valence-electron chi connectivity index (χ0n) is 15.2. The van der Waals surface area contributed by atoms with Gasteiger partial charge in [0.05, 0.1) is 18.4 Å². The van der Waals surface area contributed by atoms with Crippen LogP contribution in [0.25, 0.3) is 0 Å². The lowest BCUT2D eigenvalue weighted by atomic mass is 9.78. The van der Waals surface area contributed by atoms with Gasteiger partial charge < -0.3 is 14.5 Å². The largest absolute Gasteiger partial charge is 0.493 e. The molecule has 0 N–H and O–H groups in total. The monoisotopic (exact) mass is 344 g/mol. The van der Waals surface area contributed by atoms with Crippen LogP contribution in [-0.2, 0) is 9.59 Å². The zero-order chi connectivity index (χ0) is 17.9. The molecule has 2 fully saturated rings. The van der Waals surface area contributed by atoms with Crippen molar-refractivity contribution in [1.82, 2.24) is 9.80 Å². The third-order valence-electron chi connectivity index (χ3n) is 5.43. The fraction of sp³-hybridized carbons (Fsp3) is 0.600. The Morgan fingerprint density at radius 2 is 1.96 bits per heavy atom. The second-order valence-electron chi connectivity index (χ2n) is 7.45. The Labute approximate surface area is 149 Å². The Morgan fingerprint density at radius 3 is 2.68 bits per heavy atom. The highest BCUT2D eigenvalue weighted by Crippen LogP contribution is 2.40. The first-order valence-corrected chi connectivity index (χ1v) is 9.28. The summed E-state index contributed by atoms with van der Waals surface area (Å²) in [7, 11) is 0. The van der Waals surface area contributed by atoms with Gasteiger partial charge in [-0.15, -0.1) is 0 Å². The van der Waals surface area contributed by atoms with Crippen molar-refractivity contribution < 1.29 is 14.3 Å². The van der Waals surface area contributed by atoms with Crippen LogP contribution in [-0.4, -0.2) is 53.9 Å². The van der Waals surface area contributed by atoms with Gasteiger partial charge in [0.15, 0.2) is 0 Å². The van der Waals surface area contributed by atoms with E-state index in [9.17, 15) is 9.59 Å². The Kier molecular flexibility index (Phi) is 5.30.